The highest BCUT2D eigenvalue weighted by atomic mass is 16.5. The van der Waals surface area contributed by atoms with Crippen molar-refractivity contribution in [1.82, 2.24) is 19.9 Å². The second-order valence-corrected chi connectivity index (χ2v) is 5.34. The summed E-state index contributed by atoms with van der Waals surface area (Å²) >= 11 is 0. The van der Waals surface area contributed by atoms with E-state index in [2.05, 4.69) is 10.3 Å². The lowest BCUT2D eigenvalue weighted by Gasteiger charge is -2.32. The predicted molar refractivity (Wildman–Crippen MR) is 81.8 cm³/mol. The minimum atomic E-state index is 0.0427. The van der Waals surface area contributed by atoms with Crippen molar-refractivity contribution >= 4 is 5.91 Å². The van der Waals surface area contributed by atoms with E-state index in [-0.39, 0.29) is 5.91 Å². The lowest BCUT2D eigenvalue weighted by molar-refractivity contribution is 0.0685. The third-order valence-corrected chi connectivity index (χ3v) is 3.98. The first-order valence-electron chi connectivity index (χ1n) is 7.66. The number of benzene rings is 1. The van der Waals surface area contributed by atoms with Gasteiger partial charge in [-0.05, 0) is 31.9 Å². The van der Waals surface area contributed by atoms with Gasteiger partial charge >= 0.3 is 0 Å². The van der Waals surface area contributed by atoms with Gasteiger partial charge in [0.05, 0.1) is 24.4 Å². The van der Waals surface area contributed by atoms with Crippen LogP contribution in [0.5, 0.6) is 5.75 Å². The molecule has 0 bridgehead atoms. The number of hydrogen-bond donors (Lipinski definition) is 0. The molecule has 0 aliphatic carbocycles. The summed E-state index contributed by atoms with van der Waals surface area (Å²) in [7, 11) is 0. The highest BCUT2D eigenvalue weighted by Crippen LogP contribution is 2.25. The molecule has 1 saturated heterocycles. The van der Waals surface area contributed by atoms with Crippen LogP contribution in [0.2, 0.25) is 0 Å². The van der Waals surface area contributed by atoms with Crippen molar-refractivity contribution in [2.45, 2.75) is 25.8 Å². The van der Waals surface area contributed by atoms with Gasteiger partial charge in [-0.3, -0.25) is 4.79 Å². The number of para-hydroxylation sites is 1. The zero-order chi connectivity index (χ0) is 15.4. The fourth-order valence-electron chi connectivity index (χ4n) is 2.84. The minimum Gasteiger partial charge on any atom is -0.493 e. The third-order valence-electron chi connectivity index (χ3n) is 3.98. The normalized spacial score (nSPS) is 15.8. The second kappa shape index (κ2) is 6.60. The van der Waals surface area contributed by atoms with Gasteiger partial charge < -0.3 is 9.64 Å². The van der Waals surface area contributed by atoms with Crippen molar-refractivity contribution in [3.05, 3.63) is 42.2 Å². The van der Waals surface area contributed by atoms with Crippen LogP contribution in [-0.4, -0.2) is 45.5 Å². The summed E-state index contributed by atoms with van der Waals surface area (Å²) in [6, 6.07) is 7.76. The van der Waals surface area contributed by atoms with Gasteiger partial charge in [0, 0.05) is 19.3 Å². The van der Waals surface area contributed by atoms with Crippen LogP contribution >= 0.6 is 0 Å². The maximum atomic E-state index is 12.7. The van der Waals surface area contributed by atoms with Crippen molar-refractivity contribution < 1.29 is 9.53 Å². The van der Waals surface area contributed by atoms with E-state index < -0.39 is 0 Å². The first-order valence-corrected chi connectivity index (χ1v) is 7.66. The molecule has 116 valence electrons. The van der Waals surface area contributed by atoms with Crippen LogP contribution in [0.25, 0.3) is 0 Å². The minimum absolute atomic E-state index is 0.0427. The Labute approximate surface area is 129 Å². The van der Waals surface area contributed by atoms with E-state index in [1.165, 1.54) is 0 Å². The first kappa shape index (κ1) is 14.6. The molecule has 1 amide bonds. The summed E-state index contributed by atoms with van der Waals surface area (Å²) in [5, 5.41) is 7.90. The largest absolute Gasteiger partial charge is 0.493 e. The maximum Gasteiger partial charge on any atom is 0.257 e. The molecule has 0 saturated carbocycles. The van der Waals surface area contributed by atoms with Gasteiger partial charge in [-0.1, -0.05) is 17.3 Å². The topological polar surface area (TPSA) is 60.2 Å². The third kappa shape index (κ3) is 2.95. The molecular weight excluding hydrogens is 280 g/mol. The van der Waals surface area contributed by atoms with Gasteiger partial charge in [0.15, 0.2) is 0 Å². The maximum absolute atomic E-state index is 12.7. The van der Waals surface area contributed by atoms with E-state index in [0.717, 1.165) is 25.9 Å². The van der Waals surface area contributed by atoms with Gasteiger partial charge in [-0.2, -0.15) is 0 Å². The van der Waals surface area contributed by atoms with Crippen LogP contribution in [0.15, 0.2) is 36.7 Å². The number of hydrogen-bond acceptors (Lipinski definition) is 4. The Bertz CT molecular complexity index is 619. The molecule has 3 rings (SSSR count). The number of ether oxygens (including phenoxy) is 1. The molecule has 0 atom stereocenters. The highest BCUT2D eigenvalue weighted by Gasteiger charge is 2.26. The van der Waals surface area contributed by atoms with Crippen molar-refractivity contribution in [2.75, 3.05) is 19.7 Å². The van der Waals surface area contributed by atoms with Crippen LogP contribution in [0.1, 0.15) is 36.2 Å². The molecule has 6 nitrogen and oxygen atoms in total. The summed E-state index contributed by atoms with van der Waals surface area (Å²) in [6.45, 7) is 3.93. The zero-order valence-corrected chi connectivity index (χ0v) is 12.7. The van der Waals surface area contributed by atoms with Gasteiger partial charge in [0.2, 0.25) is 0 Å². The Kier molecular flexibility index (Phi) is 4.37. The monoisotopic (exact) mass is 300 g/mol. The Hall–Kier alpha value is -2.37. The summed E-state index contributed by atoms with van der Waals surface area (Å²) in [6.07, 6.45) is 5.36. The molecule has 1 aromatic carbocycles. The molecule has 2 heterocycles. The number of nitrogens with zero attached hydrogens (tertiary/aromatic N) is 4. The van der Waals surface area contributed by atoms with E-state index in [9.17, 15) is 4.79 Å². The molecule has 22 heavy (non-hydrogen) atoms. The number of likely N-dealkylation sites (tertiary alicyclic amines) is 1. The molecule has 0 N–H and O–H groups in total. The number of piperidine rings is 1. The molecule has 1 aliphatic rings. The van der Waals surface area contributed by atoms with E-state index in [4.69, 9.17) is 4.74 Å². The Morgan fingerprint density at radius 1 is 1.32 bits per heavy atom. The molecule has 0 spiro atoms. The molecule has 1 aliphatic heterocycles. The Morgan fingerprint density at radius 3 is 2.77 bits per heavy atom. The second-order valence-electron chi connectivity index (χ2n) is 5.34. The predicted octanol–water partition coefficient (Wildman–Crippen LogP) is 2.15. The van der Waals surface area contributed by atoms with Crippen LogP contribution in [0.3, 0.4) is 0 Å². The van der Waals surface area contributed by atoms with Crippen molar-refractivity contribution in [3.63, 3.8) is 0 Å². The Morgan fingerprint density at radius 2 is 2.09 bits per heavy atom. The summed E-state index contributed by atoms with van der Waals surface area (Å²) in [4.78, 5) is 14.6. The quantitative estimate of drug-likeness (QED) is 0.868. The molecule has 0 unspecified atom stereocenters. The number of rotatable bonds is 4. The first-order chi connectivity index (χ1) is 10.8. The summed E-state index contributed by atoms with van der Waals surface area (Å²) < 4.78 is 7.44. The van der Waals surface area contributed by atoms with Gasteiger partial charge in [0.1, 0.15) is 5.75 Å². The highest BCUT2D eigenvalue weighted by molar-refractivity contribution is 5.97. The molecule has 6 heteroatoms. The van der Waals surface area contributed by atoms with E-state index in [1.807, 2.05) is 47.0 Å². The standard InChI is InChI=1S/C16H20N4O2/c1-2-22-15-6-4-3-5-14(15)16(21)19-10-7-13(8-11-19)20-12-9-17-18-20/h3-6,9,12-13H,2,7-8,10-11H2,1H3. The SMILES string of the molecule is CCOc1ccccc1C(=O)N1CCC(n2ccnn2)CC1. The fourth-order valence-corrected chi connectivity index (χ4v) is 2.84. The van der Waals surface area contributed by atoms with Crippen molar-refractivity contribution in [1.29, 1.82) is 0 Å². The van der Waals surface area contributed by atoms with Crippen LogP contribution < -0.4 is 4.74 Å². The van der Waals surface area contributed by atoms with E-state index in [0.29, 0.717) is 24.0 Å². The van der Waals surface area contributed by atoms with Gasteiger partial charge in [-0.25, -0.2) is 4.68 Å². The average Bonchev–Trinajstić information content (AvgIpc) is 3.10. The van der Waals surface area contributed by atoms with Crippen molar-refractivity contribution in [3.8, 4) is 5.75 Å². The number of carbonyl (C=O) groups excluding carboxylic acids is 1. The lowest BCUT2D eigenvalue weighted by atomic mass is 10.0. The number of carbonyl (C=O) groups is 1. The number of aromatic nitrogens is 3. The van der Waals surface area contributed by atoms with Gasteiger partial charge in [-0.15, -0.1) is 5.10 Å². The number of amides is 1. The lowest BCUT2D eigenvalue weighted by Crippen LogP contribution is -2.39. The molecule has 0 radical (unpaired) electrons. The fraction of sp³-hybridized carbons (Fsp3) is 0.438. The molecule has 1 aromatic heterocycles. The van der Waals surface area contributed by atoms with Crippen molar-refractivity contribution in [2.24, 2.45) is 0 Å². The smallest absolute Gasteiger partial charge is 0.257 e. The van der Waals surface area contributed by atoms with Crippen LogP contribution in [0.4, 0.5) is 0 Å². The van der Waals surface area contributed by atoms with E-state index >= 15 is 0 Å². The summed E-state index contributed by atoms with van der Waals surface area (Å²) in [5.41, 5.74) is 0.642. The molecule has 1 fully saturated rings. The molecular formula is C16H20N4O2. The van der Waals surface area contributed by atoms with Gasteiger partial charge in [0.25, 0.3) is 5.91 Å². The zero-order valence-electron chi connectivity index (χ0n) is 12.7. The van der Waals surface area contributed by atoms with E-state index in [1.54, 1.807) is 6.20 Å². The molecule has 2 aromatic rings. The van der Waals surface area contributed by atoms with Crippen LogP contribution in [0, 0.1) is 0 Å². The van der Waals surface area contributed by atoms with Crippen LogP contribution in [-0.2, 0) is 0 Å². The summed E-state index contributed by atoms with van der Waals surface area (Å²) in [5.74, 6) is 0.703. The Balaban J connectivity index is 1.67. The average molecular weight is 300 g/mol.